The van der Waals surface area contributed by atoms with Crippen molar-refractivity contribution in [1.29, 1.82) is 0 Å². The van der Waals surface area contributed by atoms with Gasteiger partial charge in [-0.1, -0.05) is 34.8 Å². The normalized spacial score (nSPS) is 33.1. The number of halogens is 1. The maximum absolute atomic E-state index is 3.39. The lowest BCUT2D eigenvalue weighted by atomic mass is 9.87. The molecule has 0 radical (unpaired) electrons. The molecule has 1 fully saturated rings. The highest BCUT2D eigenvalue weighted by Crippen LogP contribution is 2.29. The zero-order chi connectivity index (χ0) is 6.69. The molecule has 1 aliphatic rings. The first kappa shape index (κ1) is 7.33. The highest BCUT2D eigenvalue weighted by atomic mass is 79.9. The maximum atomic E-state index is 3.39. The van der Waals surface area contributed by atoms with Crippen molar-refractivity contribution in [2.45, 2.75) is 32.6 Å². The molecular formula is C8H13Br. The average molecular weight is 189 g/mol. The van der Waals surface area contributed by atoms with Gasteiger partial charge in [0.05, 0.1) is 0 Å². The highest BCUT2D eigenvalue weighted by molar-refractivity contribution is 9.11. The number of hydrogen-bond donors (Lipinski definition) is 0. The van der Waals surface area contributed by atoms with Crippen molar-refractivity contribution in [3.8, 4) is 0 Å². The molecule has 0 aliphatic heterocycles. The summed E-state index contributed by atoms with van der Waals surface area (Å²) in [7, 11) is 0. The zero-order valence-electron chi connectivity index (χ0n) is 5.86. The van der Waals surface area contributed by atoms with Crippen molar-refractivity contribution >= 4 is 15.9 Å². The molecule has 9 heavy (non-hydrogen) atoms. The summed E-state index contributed by atoms with van der Waals surface area (Å²) in [6, 6.07) is 0. The third-order valence-electron chi connectivity index (χ3n) is 2.13. The molecule has 1 saturated carbocycles. The van der Waals surface area contributed by atoms with Crippen LogP contribution in [-0.2, 0) is 0 Å². The van der Waals surface area contributed by atoms with Crippen LogP contribution in [0.15, 0.2) is 10.6 Å². The molecule has 1 aliphatic carbocycles. The predicted octanol–water partition coefficient (Wildman–Crippen LogP) is 3.48. The minimum Gasteiger partial charge on any atom is -0.0605 e. The van der Waals surface area contributed by atoms with Gasteiger partial charge in [-0.15, -0.1) is 0 Å². The van der Waals surface area contributed by atoms with Crippen molar-refractivity contribution in [2.24, 2.45) is 5.92 Å². The van der Waals surface area contributed by atoms with E-state index in [1.807, 2.05) is 0 Å². The Labute approximate surface area is 65.5 Å². The van der Waals surface area contributed by atoms with Crippen LogP contribution in [0.1, 0.15) is 32.6 Å². The minimum absolute atomic E-state index is 0.832. The van der Waals surface area contributed by atoms with Crippen LogP contribution in [0.25, 0.3) is 0 Å². The minimum atomic E-state index is 0.832. The summed E-state index contributed by atoms with van der Waals surface area (Å²) in [4.78, 5) is 2.11. The van der Waals surface area contributed by atoms with Crippen LogP contribution in [-0.4, -0.2) is 0 Å². The summed E-state index contributed by atoms with van der Waals surface area (Å²) in [5, 5.41) is 0. The van der Waals surface area contributed by atoms with Crippen molar-refractivity contribution in [3.63, 3.8) is 0 Å². The Balaban J connectivity index is 2.49. The second-order valence-corrected chi connectivity index (χ2v) is 3.29. The van der Waals surface area contributed by atoms with E-state index in [2.05, 4.69) is 27.8 Å². The summed E-state index contributed by atoms with van der Waals surface area (Å²) >= 11 is 3.39. The zero-order valence-corrected chi connectivity index (χ0v) is 7.45. The van der Waals surface area contributed by atoms with Gasteiger partial charge in [0.2, 0.25) is 0 Å². The van der Waals surface area contributed by atoms with Gasteiger partial charge in [0.25, 0.3) is 0 Å². The van der Waals surface area contributed by atoms with E-state index < -0.39 is 0 Å². The molecule has 0 aromatic rings. The molecule has 0 heterocycles. The van der Waals surface area contributed by atoms with Crippen LogP contribution in [0.4, 0.5) is 0 Å². The van der Waals surface area contributed by atoms with E-state index >= 15 is 0 Å². The van der Waals surface area contributed by atoms with E-state index in [4.69, 9.17) is 0 Å². The van der Waals surface area contributed by atoms with Gasteiger partial charge in [-0.3, -0.25) is 0 Å². The molecule has 0 aromatic carbocycles. The van der Waals surface area contributed by atoms with Crippen LogP contribution in [0, 0.1) is 5.92 Å². The predicted molar refractivity (Wildman–Crippen MR) is 44.6 cm³/mol. The fraction of sp³-hybridized carbons (Fsp3) is 0.750. The number of rotatable bonds is 0. The lowest BCUT2D eigenvalue weighted by molar-refractivity contribution is 0.485. The Morgan fingerprint density at radius 1 is 1.56 bits per heavy atom. The summed E-state index contributed by atoms with van der Waals surface area (Å²) in [5.41, 5.74) is 1.60. The fourth-order valence-corrected chi connectivity index (χ4v) is 2.05. The Morgan fingerprint density at radius 2 is 2.33 bits per heavy atom. The van der Waals surface area contributed by atoms with Gasteiger partial charge in [0, 0.05) is 0 Å². The van der Waals surface area contributed by atoms with E-state index in [1.165, 1.54) is 25.7 Å². The molecule has 1 rings (SSSR count). The Kier molecular flexibility index (Phi) is 2.77. The summed E-state index contributed by atoms with van der Waals surface area (Å²) in [6.07, 6.45) is 5.51. The molecule has 0 saturated heterocycles. The second-order valence-electron chi connectivity index (χ2n) is 2.83. The average Bonchev–Trinajstić information content (AvgIpc) is 1.89. The molecule has 0 bridgehead atoms. The molecule has 1 heteroatoms. The maximum Gasteiger partial charge on any atom is -0.0194 e. The monoisotopic (exact) mass is 188 g/mol. The molecule has 52 valence electrons. The molecular weight excluding hydrogens is 176 g/mol. The Hall–Kier alpha value is 0.220. The van der Waals surface area contributed by atoms with Gasteiger partial charge in [0.15, 0.2) is 0 Å². The van der Waals surface area contributed by atoms with Gasteiger partial charge in [-0.2, -0.15) is 0 Å². The topological polar surface area (TPSA) is 0 Å². The van der Waals surface area contributed by atoms with Gasteiger partial charge >= 0.3 is 0 Å². The van der Waals surface area contributed by atoms with Crippen LogP contribution in [0.2, 0.25) is 0 Å². The summed E-state index contributed by atoms with van der Waals surface area (Å²) in [6.45, 7) is 2.31. The number of hydrogen-bond acceptors (Lipinski definition) is 0. The molecule has 0 nitrogen and oxygen atoms in total. The van der Waals surface area contributed by atoms with E-state index in [-0.39, 0.29) is 0 Å². The summed E-state index contributed by atoms with van der Waals surface area (Å²) < 4.78 is 0. The Bertz CT molecular complexity index is 116. The van der Waals surface area contributed by atoms with E-state index in [9.17, 15) is 0 Å². The highest BCUT2D eigenvalue weighted by Gasteiger charge is 2.12. The van der Waals surface area contributed by atoms with Crippen LogP contribution in [0.5, 0.6) is 0 Å². The van der Waals surface area contributed by atoms with Gasteiger partial charge in [0.1, 0.15) is 0 Å². The SMILES string of the molecule is CC1CCCC/C1=C\Br. The van der Waals surface area contributed by atoms with Crippen molar-refractivity contribution in [1.82, 2.24) is 0 Å². The van der Waals surface area contributed by atoms with Gasteiger partial charge < -0.3 is 0 Å². The summed E-state index contributed by atoms with van der Waals surface area (Å²) in [5.74, 6) is 0.832. The van der Waals surface area contributed by atoms with E-state index in [0.29, 0.717) is 0 Å². The van der Waals surface area contributed by atoms with Crippen molar-refractivity contribution in [2.75, 3.05) is 0 Å². The van der Waals surface area contributed by atoms with Gasteiger partial charge in [-0.05, 0) is 30.2 Å². The van der Waals surface area contributed by atoms with Crippen molar-refractivity contribution in [3.05, 3.63) is 10.6 Å². The first-order valence-corrected chi connectivity index (χ1v) is 4.55. The molecule has 0 N–H and O–H groups in total. The lowest BCUT2D eigenvalue weighted by Gasteiger charge is -2.20. The molecule has 0 aromatic heterocycles. The molecule has 0 amide bonds. The molecule has 1 atom stereocenters. The first-order valence-electron chi connectivity index (χ1n) is 3.63. The largest absolute Gasteiger partial charge is 0.0605 e. The number of allylic oxidation sites excluding steroid dienone is 1. The second kappa shape index (κ2) is 3.40. The third kappa shape index (κ3) is 1.82. The van der Waals surface area contributed by atoms with Crippen LogP contribution >= 0.6 is 15.9 Å². The van der Waals surface area contributed by atoms with Crippen LogP contribution in [0.3, 0.4) is 0 Å². The quantitative estimate of drug-likeness (QED) is 0.547. The van der Waals surface area contributed by atoms with Crippen LogP contribution < -0.4 is 0 Å². The lowest BCUT2D eigenvalue weighted by Crippen LogP contribution is -2.04. The smallest absolute Gasteiger partial charge is 0.0194 e. The Morgan fingerprint density at radius 3 is 2.78 bits per heavy atom. The van der Waals surface area contributed by atoms with Gasteiger partial charge in [-0.25, -0.2) is 0 Å². The van der Waals surface area contributed by atoms with E-state index in [0.717, 1.165) is 5.92 Å². The first-order chi connectivity index (χ1) is 4.34. The third-order valence-corrected chi connectivity index (χ3v) is 2.71. The van der Waals surface area contributed by atoms with E-state index in [1.54, 1.807) is 5.57 Å². The molecule has 0 spiro atoms. The standard InChI is InChI=1S/C8H13Br/c1-7-4-2-3-5-8(7)6-9/h6-7H,2-5H2,1H3/b8-6+. The molecule has 1 unspecified atom stereocenters. The fourth-order valence-electron chi connectivity index (χ4n) is 1.37. The van der Waals surface area contributed by atoms with Crippen molar-refractivity contribution < 1.29 is 0 Å².